The molecule has 172 valence electrons. The van der Waals surface area contributed by atoms with E-state index in [-0.39, 0.29) is 18.2 Å². The van der Waals surface area contributed by atoms with Crippen LogP contribution in [0.5, 0.6) is 0 Å². The Morgan fingerprint density at radius 3 is 2.69 bits per heavy atom. The Morgan fingerprint density at radius 2 is 1.94 bits per heavy atom. The molecule has 3 aliphatic carbocycles. The highest BCUT2D eigenvalue weighted by Crippen LogP contribution is 2.41. The van der Waals surface area contributed by atoms with E-state index >= 15 is 0 Å². The van der Waals surface area contributed by atoms with Crippen molar-refractivity contribution in [3.8, 4) is 0 Å². The first-order valence-electron chi connectivity index (χ1n) is 12.1. The van der Waals surface area contributed by atoms with Crippen LogP contribution in [-0.4, -0.2) is 28.7 Å². The standard InChI is InChI=1S/C28H36BrNO2/c1-19(25-14-8-10-20-9-5-6-13-26(20)25)30(27(31)32-28(2,3)4)24-16-15-22(18-24)21-11-7-12-23(29)17-21/h6-8,11-14,17,19-20,22,24H,5,9-10,15-16,18H2,1-4H3/t19-,20?,22-,24+/m1/s1. The first-order valence-corrected chi connectivity index (χ1v) is 12.9. The molecule has 4 heteroatoms. The molecule has 1 aromatic rings. The van der Waals surface area contributed by atoms with E-state index < -0.39 is 5.60 Å². The summed E-state index contributed by atoms with van der Waals surface area (Å²) in [7, 11) is 0. The molecule has 4 atom stereocenters. The van der Waals surface area contributed by atoms with Crippen molar-refractivity contribution >= 4 is 22.0 Å². The number of benzene rings is 1. The highest BCUT2D eigenvalue weighted by molar-refractivity contribution is 9.10. The van der Waals surface area contributed by atoms with Crippen LogP contribution in [0, 0.1) is 5.92 Å². The summed E-state index contributed by atoms with van der Waals surface area (Å²) in [6, 6.07) is 8.79. The Morgan fingerprint density at radius 1 is 1.12 bits per heavy atom. The van der Waals surface area contributed by atoms with Gasteiger partial charge in [-0.1, -0.05) is 52.4 Å². The summed E-state index contributed by atoms with van der Waals surface area (Å²) in [5.74, 6) is 1.05. The van der Waals surface area contributed by atoms with Gasteiger partial charge in [-0.05, 0) is 107 Å². The van der Waals surface area contributed by atoms with E-state index in [0.717, 1.165) is 36.6 Å². The maximum absolute atomic E-state index is 13.5. The number of rotatable bonds is 4. The van der Waals surface area contributed by atoms with Crippen molar-refractivity contribution in [3.63, 3.8) is 0 Å². The van der Waals surface area contributed by atoms with Gasteiger partial charge in [0, 0.05) is 10.5 Å². The maximum Gasteiger partial charge on any atom is 0.411 e. The van der Waals surface area contributed by atoms with Gasteiger partial charge in [-0.3, -0.25) is 4.90 Å². The number of nitrogens with zero attached hydrogens (tertiary/aromatic N) is 1. The number of halogens is 1. The lowest BCUT2D eigenvalue weighted by atomic mass is 9.79. The zero-order chi connectivity index (χ0) is 22.9. The van der Waals surface area contributed by atoms with Crippen LogP contribution >= 0.6 is 15.9 Å². The van der Waals surface area contributed by atoms with Crippen molar-refractivity contribution in [1.82, 2.24) is 4.90 Å². The van der Waals surface area contributed by atoms with E-state index in [4.69, 9.17) is 4.74 Å². The molecule has 3 nitrogen and oxygen atoms in total. The first kappa shape index (κ1) is 23.4. The lowest BCUT2D eigenvalue weighted by Crippen LogP contribution is -2.48. The molecule has 1 unspecified atom stereocenters. The monoisotopic (exact) mass is 497 g/mol. The van der Waals surface area contributed by atoms with E-state index in [0.29, 0.717) is 11.8 Å². The normalized spacial score (nSPS) is 26.1. The number of amides is 1. The smallest absolute Gasteiger partial charge is 0.411 e. The van der Waals surface area contributed by atoms with Gasteiger partial charge >= 0.3 is 6.09 Å². The molecule has 0 bridgehead atoms. The number of hydrogen-bond donors (Lipinski definition) is 0. The number of allylic oxidation sites excluding steroid dienone is 4. The minimum atomic E-state index is -0.509. The summed E-state index contributed by atoms with van der Waals surface area (Å²) in [6.07, 6.45) is 15.5. The summed E-state index contributed by atoms with van der Waals surface area (Å²) in [6.45, 7) is 8.05. The summed E-state index contributed by atoms with van der Waals surface area (Å²) in [5.41, 5.74) is 3.55. The van der Waals surface area contributed by atoms with Crippen LogP contribution in [0.2, 0.25) is 0 Å². The van der Waals surface area contributed by atoms with Crippen molar-refractivity contribution in [2.75, 3.05) is 0 Å². The van der Waals surface area contributed by atoms with Crippen LogP contribution < -0.4 is 0 Å². The summed E-state index contributed by atoms with van der Waals surface area (Å²) < 4.78 is 7.05. The molecule has 0 heterocycles. The van der Waals surface area contributed by atoms with Gasteiger partial charge in [0.25, 0.3) is 0 Å². The predicted molar refractivity (Wildman–Crippen MR) is 135 cm³/mol. The average molecular weight is 499 g/mol. The minimum Gasteiger partial charge on any atom is -0.444 e. The molecular weight excluding hydrogens is 462 g/mol. The molecule has 0 N–H and O–H groups in total. The van der Waals surface area contributed by atoms with E-state index in [1.165, 1.54) is 23.1 Å². The fraction of sp³-hybridized carbons (Fsp3) is 0.536. The van der Waals surface area contributed by atoms with E-state index in [2.05, 4.69) is 76.3 Å². The van der Waals surface area contributed by atoms with Gasteiger partial charge in [0.2, 0.25) is 0 Å². The van der Waals surface area contributed by atoms with Crippen molar-refractivity contribution in [1.29, 1.82) is 0 Å². The Kier molecular flexibility index (Phi) is 7.00. The van der Waals surface area contributed by atoms with Crippen LogP contribution in [0.25, 0.3) is 0 Å². The van der Waals surface area contributed by atoms with Gasteiger partial charge in [-0.2, -0.15) is 0 Å². The number of fused-ring (bicyclic) bond motifs is 1. The number of ether oxygens (including phenoxy) is 1. The molecule has 32 heavy (non-hydrogen) atoms. The zero-order valence-corrected chi connectivity index (χ0v) is 21.4. The van der Waals surface area contributed by atoms with E-state index in [1.54, 1.807) is 0 Å². The fourth-order valence-corrected chi connectivity index (χ4v) is 5.99. The van der Waals surface area contributed by atoms with Gasteiger partial charge in [0.05, 0.1) is 6.04 Å². The summed E-state index contributed by atoms with van der Waals surface area (Å²) in [4.78, 5) is 15.6. The van der Waals surface area contributed by atoms with E-state index in [1.807, 2.05) is 20.8 Å². The molecule has 0 aliphatic heterocycles. The number of hydrogen-bond acceptors (Lipinski definition) is 2. The Labute approximate surface area is 201 Å². The summed E-state index contributed by atoms with van der Waals surface area (Å²) >= 11 is 3.61. The lowest BCUT2D eigenvalue weighted by Gasteiger charge is -2.39. The molecular formula is C28H36BrNO2. The molecule has 1 saturated carbocycles. The van der Waals surface area contributed by atoms with Crippen LogP contribution in [0.1, 0.15) is 77.7 Å². The second-order valence-electron chi connectivity index (χ2n) is 10.5. The molecule has 4 rings (SSSR count). The Bertz CT molecular complexity index is 939. The molecule has 1 aromatic carbocycles. The van der Waals surface area contributed by atoms with E-state index in [9.17, 15) is 4.79 Å². The molecule has 3 aliphatic rings. The van der Waals surface area contributed by atoms with Crippen LogP contribution in [-0.2, 0) is 4.74 Å². The molecule has 0 radical (unpaired) electrons. The van der Waals surface area contributed by atoms with Crippen molar-refractivity contribution in [2.45, 2.75) is 89.8 Å². The molecule has 0 saturated heterocycles. The topological polar surface area (TPSA) is 29.5 Å². The van der Waals surface area contributed by atoms with Gasteiger partial charge in [0.15, 0.2) is 0 Å². The quantitative estimate of drug-likeness (QED) is 0.422. The van der Waals surface area contributed by atoms with Crippen LogP contribution in [0.3, 0.4) is 0 Å². The van der Waals surface area contributed by atoms with Gasteiger partial charge in [0.1, 0.15) is 5.60 Å². The minimum absolute atomic E-state index is 0.00657. The molecule has 0 spiro atoms. The number of carbonyl (C=O) groups is 1. The predicted octanol–water partition coefficient (Wildman–Crippen LogP) is 7.93. The Hall–Kier alpha value is -1.81. The molecule has 0 aromatic heterocycles. The lowest BCUT2D eigenvalue weighted by molar-refractivity contribution is 0.0107. The third-order valence-electron chi connectivity index (χ3n) is 7.06. The van der Waals surface area contributed by atoms with Crippen LogP contribution in [0.4, 0.5) is 4.79 Å². The molecule has 1 fully saturated rings. The first-order chi connectivity index (χ1) is 15.2. The fourth-order valence-electron chi connectivity index (χ4n) is 5.57. The largest absolute Gasteiger partial charge is 0.444 e. The van der Waals surface area contributed by atoms with Crippen LogP contribution in [0.15, 0.2) is 64.2 Å². The van der Waals surface area contributed by atoms with Crippen molar-refractivity contribution < 1.29 is 9.53 Å². The zero-order valence-electron chi connectivity index (χ0n) is 19.8. The van der Waals surface area contributed by atoms with Crippen molar-refractivity contribution in [2.24, 2.45) is 5.92 Å². The number of carbonyl (C=O) groups excluding carboxylic acids is 1. The van der Waals surface area contributed by atoms with Crippen molar-refractivity contribution in [3.05, 3.63) is 69.8 Å². The van der Waals surface area contributed by atoms with Gasteiger partial charge in [-0.25, -0.2) is 4.79 Å². The Balaban J connectivity index is 1.63. The highest BCUT2D eigenvalue weighted by atomic mass is 79.9. The van der Waals surface area contributed by atoms with Gasteiger partial charge in [-0.15, -0.1) is 0 Å². The maximum atomic E-state index is 13.5. The second kappa shape index (κ2) is 9.59. The second-order valence-corrected chi connectivity index (χ2v) is 11.4. The third-order valence-corrected chi connectivity index (χ3v) is 7.55. The highest BCUT2D eigenvalue weighted by Gasteiger charge is 2.39. The SMILES string of the molecule is C[C@H](C1=C2C=CCCC2CC=C1)N(C(=O)OC(C)(C)C)[C@H]1CC[C@@H](c2cccc(Br)c2)C1. The average Bonchev–Trinajstić information content (AvgIpc) is 3.22. The van der Waals surface area contributed by atoms with Gasteiger partial charge < -0.3 is 4.74 Å². The molecule has 1 amide bonds. The third kappa shape index (κ3) is 5.22. The summed E-state index contributed by atoms with van der Waals surface area (Å²) in [5, 5.41) is 0.